The van der Waals surface area contributed by atoms with Crippen LogP contribution < -0.4 is 29.2 Å². The average molecular weight is 598 g/mol. The number of carbonyl (C=O) groups is 3. The number of urea groups is 1. The number of rotatable bonds is 6. The summed E-state index contributed by atoms with van der Waals surface area (Å²) < 4.78 is 22.8. The molecule has 36 heavy (non-hydrogen) atoms. The minimum Gasteiger partial charge on any atom is -0.493 e. The maximum Gasteiger partial charge on any atom is 0.335 e. The average Bonchev–Trinajstić information content (AvgIpc) is 3.34. The van der Waals surface area contributed by atoms with Gasteiger partial charge in [0.05, 0.1) is 16.4 Å². The van der Waals surface area contributed by atoms with Gasteiger partial charge in [-0.05, 0) is 64.1 Å². The summed E-state index contributed by atoms with van der Waals surface area (Å²) >= 11 is 2.11. The molecule has 0 saturated carbocycles. The van der Waals surface area contributed by atoms with Crippen LogP contribution in [-0.2, 0) is 16.2 Å². The summed E-state index contributed by atoms with van der Waals surface area (Å²) in [6.07, 6.45) is 1.41. The summed E-state index contributed by atoms with van der Waals surface area (Å²) in [5, 5.41) is 2.22. The number of hydrogen-bond donors (Lipinski definition) is 1. The van der Waals surface area contributed by atoms with Gasteiger partial charge in [0.1, 0.15) is 12.2 Å². The van der Waals surface area contributed by atoms with Crippen molar-refractivity contribution in [3.63, 3.8) is 0 Å². The summed E-state index contributed by atoms with van der Waals surface area (Å²) in [5.74, 6) is 0.340. The molecular formula is C26H19IN2O7. The van der Waals surface area contributed by atoms with E-state index in [0.717, 1.165) is 14.0 Å². The van der Waals surface area contributed by atoms with Crippen LogP contribution in [0.1, 0.15) is 11.1 Å². The Balaban J connectivity index is 1.44. The van der Waals surface area contributed by atoms with Crippen LogP contribution in [0.5, 0.6) is 23.0 Å². The van der Waals surface area contributed by atoms with E-state index in [1.165, 1.54) is 19.3 Å². The van der Waals surface area contributed by atoms with Crippen LogP contribution in [0.25, 0.3) is 6.08 Å². The fraction of sp³-hybridized carbons (Fsp3) is 0.115. The van der Waals surface area contributed by atoms with Gasteiger partial charge in [-0.15, -0.1) is 0 Å². The molecule has 1 fully saturated rings. The quantitative estimate of drug-likeness (QED) is 0.257. The van der Waals surface area contributed by atoms with Crippen LogP contribution in [-0.4, -0.2) is 31.7 Å². The summed E-state index contributed by atoms with van der Waals surface area (Å²) in [6, 6.07) is 16.9. The lowest BCUT2D eigenvalue weighted by atomic mass is 10.1. The number of halogens is 1. The molecule has 2 aliphatic heterocycles. The molecule has 2 heterocycles. The Morgan fingerprint density at radius 2 is 1.81 bits per heavy atom. The van der Waals surface area contributed by atoms with Gasteiger partial charge in [0.2, 0.25) is 6.79 Å². The van der Waals surface area contributed by atoms with E-state index in [1.807, 2.05) is 30.3 Å². The second-order valence-electron chi connectivity index (χ2n) is 7.80. The van der Waals surface area contributed by atoms with Crippen molar-refractivity contribution in [2.24, 2.45) is 0 Å². The fourth-order valence-electron chi connectivity index (χ4n) is 3.78. The molecule has 3 aromatic carbocycles. The number of amides is 4. The number of ether oxygens (including phenoxy) is 4. The highest BCUT2D eigenvalue weighted by Gasteiger charge is 2.37. The number of nitrogens with one attached hydrogen (secondary N) is 1. The van der Waals surface area contributed by atoms with Gasteiger partial charge in [0.25, 0.3) is 11.8 Å². The molecular weight excluding hydrogens is 579 g/mol. The van der Waals surface area contributed by atoms with Crippen LogP contribution in [0.4, 0.5) is 10.5 Å². The first-order chi connectivity index (χ1) is 17.4. The highest BCUT2D eigenvalue weighted by atomic mass is 127. The molecule has 0 atom stereocenters. The molecule has 0 radical (unpaired) electrons. The molecule has 5 rings (SSSR count). The first-order valence-corrected chi connectivity index (χ1v) is 11.9. The molecule has 0 bridgehead atoms. The molecule has 4 amide bonds. The number of methoxy groups -OCH3 is 1. The number of hydrogen-bond acceptors (Lipinski definition) is 7. The highest BCUT2D eigenvalue weighted by Crippen LogP contribution is 2.37. The second kappa shape index (κ2) is 9.90. The first kappa shape index (κ1) is 23.7. The van der Waals surface area contributed by atoms with Crippen LogP contribution in [0.2, 0.25) is 0 Å². The number of fused-ring (bicyclic) bond motifs is 1. The molecule has 0 aliphatic carbocycles. The number of carbonyl (C=O) groups excluding carboxylic acids is 3. The summed E-state index contributed by atoms with van der Waals surface area (Å²) in [6.45, 7) is 0.398. The third-order valence-electron chi connectivity index (χ3n) is 5.50. The van der Waals surface area contributed by atoms with Gasteiger partial charge < -0.3 is 18.9 Å². The van der Waals surface area contributed by atoms with Crippen LogP contribution in [0.3, 0.4) is 0 Å². The molecule has 1 saturated heterocycles. The lowest BCUT2D eigenvalue weighted by molar-refractivity contribution is -0.122. The van der Waals surface area contributed by atoms with E-state index in [2.05, 4.69) is 27.9 Å². The van der Waals surface area contributed by atoms with Crippen LogP contribution >= 0.6 is 22.6 Å². The Labute approximate surface area is 219 Å². The molecule has 0 spiro atoms. The molecule has 2 aliphatic rings. The van der Waals surface area contributed by atoms with Crippen molar-refractivity contribution in [1.29, 1.82) is 0 Å². The molecule has 3 aromatic rings. The monoisotopic (exact) mass is 598 g/mol. The van der Waals surface area contributed by atoms with Crippen LogP contribution in [0.15, 0.2) is 66.2 Å². The Morgan fingerprint density at radius 1 is 1.03 bits per heavy atom. The minimum absolute atomic E-state index is 0.0497. The van der Waals surface area contributed by atoms with E-state index >= 15 is 0 Å². The van der Waals surface area contributed by atoms with Gasteiger partial charge in [-0.2, -0.15) is 0 Å². The van der Waals surface area contributed by atoms with Gasteiger partial charge in [-0.25, -0.2) is 9.69 Å². The third kappa shape index (κ3) is 4.59. The molecule has 9 nitrogen and oxygen atoms in total. The standard InChI is InChI=1S/C26H19IN2O7/c1-33-22-11-16(10-19(27)23(22)34-13-15-5-3-2-4-6-15)9-18-24(30)28-26(32)29(25(18)31)17-7-8-20-21(12-17)36-14-35-20/h2-12H,13-14H2,1H3,(H,28,30,32)/b18-9+. The number of imide groups is 2. The van der Waals surface area contributed by atoms with E-state index in [0.29, 0.717) is 35.2 Å². The van der Waals surface area contributed by atoms with Gasteiger partial charge in [0.15, 0.2) is 23.0 Å². The normalized spacial score (nSPS) is 15.8. The predicted molar refractivity (Wildman–Crippen MR) is 138 cm³/mol. The molecule has 1 N–H and O–H groups in total. The topological polar surface area (TPSA) is 103 Å². The first-order valence-electron chi connectivity index (χ1n) is 10.8. The number of nitrogens with zero attached hydrogens (tertiary/aromatic N) is 1. The van der Waals surface area contributed by atoms with Crippen molar-refractivity contribution in [3.8, 4) is 23.0 Å². The lowest BCUT2D eigenvalue weighted by Crippen LogP contribution is -2.54. The largest absolute Gasteiger partial charge is 0.493 e. The van der Waals surface area contributed by atoms with Crippen molar-refractivity contribution < 1.29 is 33.3 Å². The second-order valence-corrected chi connectivity index (χ2v) is 8.97. The highest BCUT2D eigenvalue weighted by molar-refractivity contribution is 14.1. The summed E-state index contributed by atoms with van der Waals surface area (Å²) in [7, 11) is 1.51. The SMILES string of the molecule is COc1cc(/C=C2\C(=O)NC(=O)N(c3ccc4c(c3)OCO4)C2=O)cc(I)c1OCc1ccccc1. The van der Waals surface area contributed by atoms with E-state index in [1.54, 1.807) is 24.3 Å². The Hall–Kier alpha value is -4.06. The van der Waals surface area contributed by atoms with Crippen molar-refractivity contribution in [2.75, 3.05) is 18.8 Å². The maximum absolute atomic E-state index is 13.3. The van der Waals surface area contributed by atoms with Gasteiger partial charge >= 0.3 is 6.03 Å². The third-order valence-corrected chi connectivity index (χ3v) is 6.31. The van der Waals surface area contributed by atoms with E-state index < -0.39 is 17.8 Å². The van der Waals surface area contributed by atoms with E-state index in [-0.39, 0.29) is 18.1 Å². The van der Waals surface area contributed by atoms with E-state index in [9.17, 15) is 14.4 Å². The van der Waals surface area contributed by atoms with Crippen molar-refractivity contribution >= 4 is 52.2 Å². The van der Waals surface area contributed by atoms with Crippen molar-refractivity contribution in [1.82, 2.24) is 5.32 Å². The molecule has 10 heteroatoms. The molecule has 182 valence electrons. The van der Waals surface area contributed by atoms with Gasteiger partial charge in [0, 0.05) is 6.07 Å². The Kier molecular flexibility index (Phi) is 6.51. The molecule has 0 unspecified atom stereocenters. The smallest absolute Gasteiger partial charge is 0.335 e. The van der Waals surface area contributed by atoms with Crippen molar-refractivity contribution in [2.45, 2.75) is 6.61 Å². The fourth-order valence-corrected chi connectivity index (χ4v) is 4.56. The lowest BCUT2D eigenvalue weighted by Gasteiger charge is -2.26. The van der Waals surface area contributed by atoms with Gasteiger partial charge in [-0.1, -0.05) is 30.3 Å². The number of anilines is 1. The van der Waals surface area contributed by atoms with E-state index in [4.69, 9.17) is 18.9 Å². The van der Waals surface area contributed by atoms with Gasteiger partial charge in [-0.3, -0.25) is 14.9 Å². The maximum atomic E-state index is 13.3. The minimum atomic E-state index is -0.849. The number of benzene rings is 3. The molecule has 0 aromatic heterocycles. The zero-order valence-electron chi connectivity index (χ0n) is 18.9. The zero-order chi connectivity index (χ0) is 25.2. The predicted octanol–water partition coefficient (Wildman–Crippen LogP) is 4.27. The Morgan fingerprint density at radius 3 is 2.58 bits per heavy atom. The van der Waals surface area contributed by atoms with Crippen molar-refractivity contribution in [3.05, 3.63) is 80.9 Å². The Bertz CT molecular complexity index is 1400. The summed E-state index contributed by atoms with van der Waals surface area (Å²) in [5.41, 5.74) is 1.57. The number of barbiturate groups is 1. The zero-order valence-corrected chi connectivity index (χ0v) is 21.1. The summed E-state index contributed by atoms with van der Waals surface area (Å²) in [4.78, 5) is 39.3. The van der Waals surface area contributed by atoms with Crippen LogP contribution in [0, 0.1) is 3.57 Å².